The summed E-state index contributed by atoms with van der Waals surface area (Å²) < 4.78 is 30.3. The molecule has 0 atom stereocenters. The van der Waals surface area contributed by atoms with Crippen molar-refractivity contribution in [2.45, 2.75) is 5.03 Å². The van der Waals surface area contributed by atoms with Gasteiger partial charge in [0, 0.05) is 6.20 Å². The van der Waals surface area contributed by atoms with Crippen molar-refractivity contribution < 1.29 is 35.4 Å². The monoisotopic (exact) mass is 253 g/mol. The van der Waals surface area contributed by atoms with E-state index in [9.17, 15) is 13.0 Å². The largest absolute Gasteiger partial charge is 1.00 e. The van der Waals surface area contributed by atoms with Crippen LogP contribution in [0.25, 0.3) is 0 Å². The minimum absolute atomic E-state index is 0. The molecule has 4 nitrogen and oxygen atoms in total. The minimum Gasteiger partial charge on any atom is -0.743 e. The summed E-state index contributed by atoms with van der Waals surface area (Å²) in [5.74, 6) is 0. The summed E-state index contributed by atoms with van der Waals surface area (Å²) in [4.78, 5) is 2.28. The van der Waals surface area contributed by atoms with Crippen LogP contribution in [-0.4, -0.2) is 18.0 Å². The first-order chi connectivity index (χ1) is 4.11. The van der Waals surface area contributed by atoms with Gasteiger partial charge in [0.1, 0.15) is 15.1 Å². The zero-order valence-corrected chi connectivity index (χ0v) is 6.97. The second-order valence-corrected chi connectivity index (χ2v) is 2.84. The summed E-state index contributed by atoms with van der Waals surface area (Å²) in [5.41, 5.74) is 0. The van der Waals surface area contributed by atoms with Gasteiger partial charge in [0.15, 0.2) is 0 Å². The Labute approximate surface area is 73.9 Å². The summed E-state index contributed by atoms with van der Waals surface area (Å²) in [5, 5.41) is -0.289. The molecule has 1 N–H and O–H groups in total. The van der Waals surface area contributed by atoms with E-state index in [-0.39, 0.29) is 27.4 Å². The molecule has 0 saturated carbocycles. The number of hydrogen-bond donors (Lipinski definition) is 1. The first-order valence-corrected chi connectivity index (χ1v) is 3.61. The van der Waals surface area contributed by atoms with Gasteiger partial charge in [0.25, 0.3) is 0 Å². The van der Waals surface area contributed by atoms with E-state index in [0.29, 0.717) is 0 Å². The molecular weight excluding hydrogens is 250 g/mol. The summed E-state index contributed by atoms with van der Waals surface area (Å²) in [6.07, 6.45) is 1.38. The molecule has 0 saturated heterocycles. The molecule has 0 unspecified atom stereocenters. The van der Waals surface area contributed by atoms with Crippen molar-refractivity contribution in [1.29, 1.82) is 0 Å². The predicted molar refractivity (Wildman–Crippen MR) is 28.8 cm³/mol. The molecule has 1 heterocycles. The van der Waals surface area contributed by atoms with Crippen molar-refractivity contribution in [3.05, 3.63) is 18.3 Å². The van der Waals surface area contributed by atoms with Gasteiger partial charge in [-0.2, -0.15) is 0 Å². The maximum Gasteiger partial charge on any atom is 1.00 e. The molecule has 0 amide bonds. The number of H-pyrrole nitrogens is 1. The molecule has 6 heteroatoms. The smallest absolute Gasteiger partial charge is 0.743 e. The Morgan fingerprint density at radius 1 is 1.50 bits per heavy atom. The normalized spacial score (nSPS) is 10.5. The standard InChI is InChI=1S/C4H5NO3S.Ag/c6-9(7,8)4-2-1-3-5-4;/h1-3,5H,(H,6,7,8);/q;+1/p-1. The van der Waals surface area contributed by atoms with Crippen molar-refractivity contribution in [2.24, 2.45) is 0 Å². The zero-order chi connectivity index (χ0) is 6.91. The Balaban J connectivity index is 0.000000810. The van der Waals surface area contributed by atoms with Gasteiger partial charge in [-0.15, -0.1) is 0 Å². The SMILES string of the molecule is O=S(=O)([O-])c1ccc[nH]1.[Ag+]. The van der Waals surface area contributed by atoms with Crippen LogP contribution in [0.15, 0.2) is 23.4 Å². The number of hydrogen-bond acceptors (Lipinski definition) is 3. The Morgan fingerprint density at radius 2 is 2.10 bits per heavy atom. The van der Waals surface area contributed by atoms with E-state index in [1.807, 2.05) is 0 Å². The van der Waals surface area contributed by atoms with E-state index >= 15 is 0 Å². The predicted octanol–water partition coefficient (Wildman–Crippen LogP) is -0.0837. The van der Waals surface area contributed by atoms with Gasteiger partial charge < -0.3 is 9.54 Å². The first-order valence-electron chi connectivity index (χ1n) is 2.20. The van der Waals surface area contributed by atoms with Crippen molar-refractivity contribution in [1.82, 2.24) is 4.98 Å². The molecule has 0 bridgehead atoms. The van der Waals surface area contributed by atoms with Crippen LogP contribution in [0.2, 0.25) is 0 Å². The van der Waals surface area contributed by atoms with Crippen molar-refractivity contribution in [3.63, 3.8) is 0 Å². The fourth-order valence-corrected chi connectivity index (χ4v) is 0.927. The van der Waals surface area contributed by atoms with E-state index < -0.39 is 10.1 Å². The van der Waals surface area contributed by atoms with Crippen LogP contribution in [0.3, 0.4) is 0 Å². The minimum atomic E-state index is -4.27. The first kappa shape index (κ1) is 9.93. The third-order valence-corrected chi connectivity index (χ3v) is 1.63. The van der Waals surface area contributed by atoms with E-state index in [0.717, 1.165) is 0 Å². The molecule has 0 aliphatic carbocycles. The van der Waals surface area contributed by atoms with Crippen molar-refractivity contribution in [2.75, 3.05) is 0 Å². The van der Waals surface area contributed by atoms with Crippen molar-refractivity contribution >= 4 is 10.1 Å². The number of nitrogens with one attached hydrogen (secondary N) is 1. The van der Waals surface area contributed by atoms with Gasteiger partial charge in [-0.25, -0.2) is 8.42 Å². The van der Waals surface area contributed by atoms with Crippen molar-refractivity contribution in [3.8, 4) is 0 Å². The molecule has 10 heavy (non-hydrogen) atoms. The van der Waals surface area contributed by atoms with Crippen LogP contribution in [-0.2, 0) is 32.5 Å². The van der Waals surface area contributed by atoms with E-state index in [4.69, 9.17) is 0 Å². The number of rotatable bonds is 1. The van der Waals surface area contributed by atoms with Crippen LogP contribution in [0.5, 0.6) is 0 Å². The van der Waals surface area contributed by atoms with Gasteiger partial charge >= 0.3 is 22.4 Å². The van der Waals surface area contributed by atoms with Gasteiger partial charge in [-0.1, -0.05) is 0 Å². The number of aromatic nitrogens is 1. The second kappa shape index (κ2) is 3.36. The molecule has 0 aromatic carbocycles. The average Bonchev–Trinajstić information content (AvgIpc) is 2.08. The molecule has 0 spiro atoms. The molecule has 1 aromatic heterocycles. The molecule has 0 aliphatic rings. The zero-order valence-electron chi connectivity index (χ0n) is 4.67. The summed E-state index contributed by atoms with van der Waals surface area (Å²) in [6.45, 7) is 0. The average molecular weight is 254 g/mol. The van der Waals surface area contributed by atoms with Gasteiger partial charge in [-0.05, 0) is 12.1 Å². The Bertz CT molecular complexity index is 277. The molecule has 0 fully saturated rings. The summed E-state index contributed by atoms with van der Waals surface area (Å²) in [6, 6.07) is 2.66. The van der Waals surface area contributed by atoms with Crippen LogP contribution in [0.4, 0.5) is 0 Å². The molecule has 1 aromatic rings. The van der Waals surface area contributed by atoms with Gasteiger partial charge in [0.2, 0.25) is 0 Å². The Kier molecular flexibility index (Phi) is 3.34. The van der Waals surface area contributed by atoms with E-state index in [2.05, 4.69) is 4.98 Å². The topological polar surface area (TPSA) is 73.0 Å². The fourth-order valence-electron chi connectivity index (χ4n) is 0.469. The van der Waals surface area contributed by atoms with Crippen LogP contribution in [0, 0.1) is 0 Å². The van der Waals surface area contributed by atoms with Gasteiger partial charge in [-0.3, -0.25) is 0 Å². The quantitative estimate of drug-likeness (QED) is 0.562. The molecular formula is C4H4AgNO3S. The maximum absolute atomic E-state index is 10.1. The third-order valence-electron chi connectivity index (χ3n) is 0.839. The van der Waals surface area contributed by atoms with Crippen LogP contribution in [0.1, 0.15) is 0 Å². The van der Waals surface area contributed by atoms with Gasteiger partial charge in [0.05, 0.1) is 0 Å². The summed E-state index contributed by atoms with van der Waals surface area (Å²) >= 11 is 0. The van der Waals surface area contributed by atoms with E-state index in [1.165, 1.54) is 18.3 Å². The number of aromatic amines is 1. The molecule has 1 rings (SSSR count). The van der Waals surface area contributed by atoms with E-state index in [1.54, 1.807) is 0 Å². The van der Waals surface area contributed by atoms with Crippen LogP contribution >= 0.6 is 0 Å². The molecule has 0 aliphatic heterocycles. The van der Waals surface area contributed by atoms with Crippen LogP contribution < -0.4 is 0 Å². The molecule has 0 radical (unpaired) electrons. The Hall–Kier alpha value is -0.0697. The fraction of sp³-hybridized carbons (Fsp3) is 0. The molecule has 60 valence electrons. The second-order valence-electron chi connectivity index (χ2n) is 1.49. The third kappa shape index (κ3) is 2.28. The summed E-state index contributed by atoms with van der Waals surface area (Å²) in [7, 11) is -4.27. The maximum atomic E-state index is 10.1. The Morgan fingerprint density at radius 3 is 2.30 bits per heavy atom.